The van der Waals surface area contributed by atoms with Gasteiger partial charge in [-0.25, -0.2) is 0 Å². The highest BCUT2D eigenvalue weighted by atomic mass is 16.3. The maximum absolute atomic E-state index is 11.8. The second-order valence-corrected chi connectivity index (χ2v) is 5.24. The van der Waals surface area contributed by atoms with E-state index in [-0.39, 0.29) is 17.4 Å². The highest BCUT2D eigenvalue weighted by Crippen LogP contribution is 2.18. The first-order valence-corrected chi connectivity index (χ1v) is 5.35. The van der Waals surface area contributed by atoms with E-state index in [1.807, 2.05) is 20.8 Å². The number of aliphatic hydroxyl groups is 1. The number of hydrogen-bond acceptors (Lipinski definition) is 3. The molecule has 0 aliphatic carbocycles. The van der Waals surface area contributed by atoms with Crippen molar-refractivity contribution >= 4 is 5.91 Å². The van der Waals surface area contributed by atoms with Gasteiger partial charge < -0.3 is 15.7 Å². The summed E-state index contributed by atoms with van der Waals surface area (Å²) in [5.41, 5.74) is 5.62. The van der Waals surface area contributed by atoms with Crippen LogP contribution >= 0.6 is 0 Å². The molecule has 0 aromatic heterocycles. The van der Waals surface area contributed by atoms with Crippen LogP contribution in [0.2, 0.25) is 0 Å². The summed E-state index contributed by atoms with van der Waals surface area (Å²) in [6.45, 7) is 8.08. The van der Waals surface area contributed by atoms with E-state index in [4.69, 9.17) is 10.8 Å². The number of nitrogens with two attached hydrogens (primary N) is 1. The van der Waals surface area contributed by atoms with Crippen LogP contribution in [-0.4, -0.2) is 41.7 Å². The van der Waals surface area contributed by atoms with Crippen LogP contribution in [0.25, 0.3) is 0 Å². The number of amides is 1. The van der Waals surface area contributed by atoms with Gasteiger partial charge in [0.15, 0.2) is 0 Å². The second-order valence-electron chi connectivity index (χ2n) is 5.24. The van der Waals surface area contributed by atoms with Crippen molar-refractivity contribution < 1.29 is 9.90 Å². The Morgan fingerprint density at radius 2 is 1.93 bits per heavy atom. The van der Waals surface area contributed by atoms with Gasteiger partial charge in [-0.2, -0.15) is 0 Å². The van der Waals surface area contributed by atoms with Gasteiger partial charge in [0.05, 0.1) is 12.1 Å². The van der Waals surface area contributed by atoms with Gasteiger partial charge in [-0.15, -0.1) is 0 Å². The van der Waals surface area contributed by atoms with E-state index in [1.165, 1.54) is 0 Å². The van der Waals surface area contributed by atoms with E-state index in [0.717, 1.165) is 0 Å². The van der Waals surface area contributed by atoms with Crippen LogP contribution in [0, 0.1) is 5.41 Å². The van der Waals surface area contributed by atoms with Crippen LogP contribution in [0.3, 0.4) is 0 Å². The fourth-order valence-electron chi connectivity index (χ4n) is 1.10. The molecule has 0 fully saturated rings. The smallest absolute Gasteiger partial charge is 0.239 e. The van der Waals surface area contributed by atoms with Gasteiger partial charge in [-0.1, -0.05) is 20.8 Å². The Balaban J connectivity index is 4.20. The summed E-state index contributed by atoms with van der Waals surface area (Å²) in [6.07, 6.45) is 0.199. The van der Waals surface area contributed by atoms with E-state index in [9.17, 15) is 4.79 Å². The normalized spacial score (nSPS) is 15.9. The standard InChI is InChI=1S/C11H24N2O2/c1-8(14)6-7-13(5)10(15)9(12)11(2,3)4/h8-9,14H,6-7,12H2,1-5H3/t8?,9-/m0/s1. The first kappa shape index (κ1) is 14.4. The van der Waals surface area contributed by atoms with Gasteiger partial charge in [0, 0.05) is 13.6 Å². The van der Waals surface area contributed by atoms with Crippen LogP contribution in [-0.2, 0) is 4.79 Å². The number of nitrogens with zero attached hydrogens (tertiary/aromatic N) is 1. The molecule has 0 saturated carbocycles. The molecule has 90 valence electrons. The number of carbonyl (C=O) groups excluding carboxylic acids is 1. The van der Waals surface area contributed by atoms with Crippen molar-refractivity contribution in [1.29, 1.82) is 0 Å². The predicted molar refractivity (Wildman–Crippen MR) is 61.4 cm³/mol. The minimum atomic E-state index is -0.489. The molecule has 2 atom stereocenters. The molecule has 0 rings (SSSR count). The average molecular weight is 216 g/mol. The summed E-state index contributed by atoms with van der Waals surface area (Å²) in [6, 6.07) is -0.489. The lowest BCUT2D eigenvalue weighted by atomic mass is 9.86. The number of carbonyl (C=O) groups is 1. The maximum Gasteiger partial charge on any atom is 0.239 e. The molecule has 4 heteroatoms. The Kier molecular flexibility index (Phi) is 5.24. The highest BCUT2D eigenvalue weighted by molar-refractivity contribution is 5.82. The number of likely N-dealkylation sites (N-methyl/N-ethyl adjacent to an activating group) is 1. The van der Waals surface area contributed by atoms with Gasteiger partial charge in [-0.3, -0.25) is 4.79 Å². The van der Waals surface area contributed by atoms with E-state index < -0.39 is 6.04 Å². The molecule has 3 N–H and O–H groups in total. The molecule has 15 heavy (non-hydrogen) atoms. The number of hydrogen-bond donors (Lipinski definition) is 2. The van der Waals surface area contributed by atoms with Crippen molar-refractivity contribution in [2.75, 3.05) is 13.6 Å². The molecular weight excluding hydrogens is 192 g/mol. The second kappa shape index (κ2) is 5.47. The summed E-state index contributed by atoms with van der Waals surface area (Å²) >= 11 is 0. The van der Waals surface area contributed by atoms with Gasteiger partial charge in [-0.05, 0) is 18.8 Å². The zero-order chi connectivity index (χ0) is 12.2. The van der Waals surface area contributed by atoms with Crippen molar-refractivity contribution in [2.24, 2.45) is 11.1 Å². The van der Waals surface area contributed by atoms with Crippen molar-refractivity contribution in [2.45, 2.75) is 46.3 Å². The van der Waals surface area contributed by atoms with Crippen molar-refractivity contribution in [3.63, 3.8) is 0 Å². The van der Waals surface area contributed by atoms with Gasteiger partial charge in [0.1, 0.15) is 0 Å². The van der Waals surface area contributed by atoms with Crippen LogP contribution in [0.15, 0.2) is 0 Å². The van der Waals surface area contributed by atoms with E-state index in [0.29, 0.717) is 13.0 Å². The van der Waals surface area contributed by atoms with Crippen LogP contribution in [0.1, 0.15) is 34.1 Å². The van der Waals surface area contributed by atoms with Gasteiger partial charge in [0.25, 0.3) is 0 Å². The molecule has 0 heterocycles. The van der Waals surface area contributed by atoms with E-state index in [1.54, 1.807) is 18.9 Å². The summed E-state index contributed by atoms with van der Waals surface area (Å²) in [5.74, 6) is -0.0665. The SMILES string of the molecule is CC(O)CCN(C)C(=O)[C@H](N)C(C)(C)C. The molecule has 0 aromatic carbocycles. The first-order valence-electron chi connectivity index (χ1n) is 5.35. The van der Waals surface area contributed by atoms with Gasteiger partial charge >= 0.3 is 0 Å². The molecule has 4 nitrogen and oxygen atoms in total. The lowest BCUT2D eigenvalue weighted by molar-refractivity contribution is -0.133. The first-order chi connectivity index (χ1) is 6.66. The largest absolute Gasteiger partial charge is 0.393 e. The molecule has 0 spiro atoms. The summed E-state index contributed by atoms with van der Waals surface area (Å²) in [7, 11) is 1.72. The lowest BCUT2D eigenvalue weighted by Gasteiger charge is -2.30. The Labute approximate surface area is 92.4 Å². The van der Waals surface area contributed by atoms with Crippen molar-refractivity contribution in [3.05, 3.63) is 0 Å². The number of rotatable bonds is 4. The lowest BCUT2D eigenvalue weighted by Crippen LogP contribution is -2.49. The Hall–Kier alpha value is -0.610. The molecule has 0 radical (unpaired) electrons. The van der Waals surface area contributed by atoms with Crippen LogP contribution in [0.4, 0.5) is 0 Å². The van der Waals surface area contributed by atoms with E-state index in [2.05, 4.69) is 0 Å². The van der Waals surface area contributed by atoms with E-state index >= 15 is 0 Å². The molecule has 0 aromatic rings. The third-order valence-electron chi connectivity index (χ3n) is 2.46. The minimum Gasteiger partial charge on any atom is -0.393 e. The average Bonchev–Trinajstić information content (AvgIpc) is 2.10. The topological polar surface area (TPSA) is 66.6 Å². The third kappa shape index (κ3) is 5.14. The molecule has 1 unspecified atom stereocenters. The third-order valence-corrected chi connectivity index (χ3v) is 2.46. The Morgan fingerprint density at radius 1 is 1.47 bits per heavy atom. The predicted octanol–water partition coefficient (Wildman–Crippen LogP) is 0.589. The molecule has 0 aliphatic rings. The zero-order valence-electron chi connectivity index (χ0n) is 10.4. The van der Waals surface area contributed by atoms with Crippen molar-refractivity contribution in [1.82, 2.24) is 4.90 Å². The maximum atomic E-state index is 11.8. The van der Waals surface area contributed by atoms with Crippen LogP contribution < -0.4 is 5.73 Å². The minimum absolute atomic E-state index is 0.0665. The molecule has 0 saturated heterocycles. The quantitative estimate of drug-likeness (QED) is 0.722. The fraction of sp³-hybridized carbons (Fsp3) is 0.909. The number of aliphatic hydroxyl groups excluding tert-OH is 1. The molecule has 1 amide bonds. The zero-order valence-corrected chi connectivity index (χ0v) is 10.4. The fourth-order valence-corrected chi connectivity index (χ4v) is 1.10. The van der Waals surface area contributed by atoms with Crippen molar-refractivity contribution in [3.8, 4) is 0 Å². The molecular formula is C11H24N2O2. The van der Waals surface area contributed by atoms with Crippen LogP contribution in [0.5, 0.6) is 0 Å². The molecule has 0 aliphatic heterocycles. The molecule has 0 bridgehead atoms. The summed E-state index contributed by atoms with van der Waals surface area (Å²) in [5, 5.41) is 9.11. The highest BCUT2D eigenvalue weighted by Gasteiger charge is 2.29. The monoisotopic (exact) mass is 216 g/mol. The van der Waals surface area contributed by atoms with Gasteiger partial charge in [0.2, 0.25) is 5.91 Å². The Bertz CT molecular complexity index is 209. The summed E-state index contributed by atoms with van der Waals surface area (Å²) in [4.78, 5) is 13.4. The summed E-state index contributed by atoms with van der Waals surface area (Å²) < 4.78 is 0. The Morgan fingerprint density at radius 3 is 2.27 bits per heavy atom.